The van der Waals surface area contributed by atoms with Gasteiger partial charge < -0.3 is 21.3 Å². The predicted molar refractivity (Wildman–Crippen MR) is 148 cm³/mol. The monoisotopic (exact) mass is 500 g/mol. The fraction of sp³-hybridized carbons (Fsp3) is 0.0370. The van der Waals surface area contributed by atoms with E-state index in [9.17, 15) is 9.59 Å². The zero-order chi connectivity index (χ0) is 24.6. The molecule has 8 heteroatoms. The molecule has 4 aromatic carbocycles. The number of para-hydroxylation sites is 2. The number of benzene rings is 4. The third kappa shape index (κ3) is 7.05. The molecule has 0 unspecified atom stereocenters. The van der Waals surface area contributed by atoms with Crippen molar-refractivity contribution in [1.82, 2.24) is 0 Å². The van der Waals surface area contributed by atoms with Crippen molar-refractivity contribution < 1.29 is 9.59 Å². The molecule has 176 valence electrons. The molecule has 0 saturated heterocycles. The van der Waals surface area contributed by atoms with E-state index >= 15 is 0 Å². The van der Waals surface area contributed by atoms with Crippen LogP contribution in [0.4, 0.5) is 32.3 Å². The van der Waals surface area contributed by atoms with Crippen molar-refractivity contribution in [2.45, 2.75) is 16.2 Å². The molecule has 0 fully saturated rings. The Morgan fingerprint density at radius 1 is 0.514 bits per heavy atom. The average Bonchev–Trinajstić information content (AvgIpc) is 2.84. The summed E-state index contributed by atoms with van der Waals surface area (Å²) in [6, 6.07) is 29.3. The van der Waals surface area contributed by atoms with E-state index in [1.807, 2.05) is 84.9 Å². The SMILES string of the molecule is O=C(Nc1ccc(Cc2ccc(NC(=O)Nc3ccccc3S)cc2)cc1)Nc1ccccc1S. The van der Waals surface area contributed by atoms with Crippen molar-refractivity contribution in [2.75, 3.05) is 21.3 Å². The first-order valence-corrected chi connectivity index (χ1v) is 11.8. The zero-order valence-electron chi connectivity index (χ0n) is 18.7. The van der Waals surface area contributed by atoms with Gasteiger partial charge in [0.1, 0.15) is 0 Å². The van der Waals surface area contributed by atoms with Gasteiger partial charge in [-0.05, 0) is 66.1 Å². The van der Waals surface area contributed by atoms with Crippen LogP contribution < -0.4 is 21.3 Å². The molecule has 0 heterocycles. The molecule has 0 aliphatic carbocycles. The molecule has 0 aliphatic rings. The summed E-state index contributed by atoms with van der Waals surface area (Å²) < 4.78 is 0. The summed E-state index contributed by atoms with van der Waals surface area (Å²) in [4.78, 5) is 25.9. The average molecular weight is 501 g/mol. The number of hydrogen-bond acceptors (Lipinski definition) is 4. The molecule has 0 aliphatic heterocycles. The van der Waals surface area contributed by atoms with Crippen LogP contribution in [0, 0.1) is 0 Å². The Hall–Kier alpha value is -3.88. The summed E-state index contributed by atoms with van der Waals surface area (Å²) in [5.41, 5.74) is 4.87. The van der Waals surface area contributed by atoms with Crippen molar-refractivity contribution in [3.63, 3.8) is 0 Å². The van der Waals surface area contributed by atoms with Gasteiger partial charge in [-0.2, -0.15) is 0 Å². The Kier molecular flexibility index (Phi) is 7.97. The standard InChI is InChI=1S/C27H24N4O2S2/c32-26(30-22-5-1-3-7-24(22)34)28-20-13-9-18(10-14-20)17-19-11-15-21(16-12-19)29-27(33)31-23-6-2-4-8-25(23)35/h1-16,34-35H,17H2,(H2,28,30,32)(H2,29,31,33). The number of nitrogens with one attached hydrogen (secondary N) is 4. The first-order valence-electron chi connectivity index (χ1n) is 10.9. The van der Waals surface area contributed by atoms with Gasteiger partial charge in [-0.25, -0.2) is 9.59 Å². The third-order valence-electron chi connectivity index (χ3n) is 5.14. The maximum Gasteiger partial charge on any atom is 0.323 e. The summed E-state index contributed by atoms with van der Waals surface area (Å²) in [5.74, 6) is 0. The summed E-state index contributed by atoms with van der Waals surface area (Å²) in [5, 5.41) is 11.2. The quantitative estimate of drug-likeness (QED) is 0.159. The molecule has 0 saturated carbocycles. The zero-order valence-corrected chi connectivity index (χ0v) is 20.4. The van der Waals surface area contributed by atoms with Gasteiger partial charge in [0.05, 0.1) is 11.4 Å². The number of amides is 4. The number of carbonyl (C=O) groups excluding carboxylic acids is 2. The van der Waals surface area contributed by atoms with E-state index in [0.717, 1.165) is 17.5 Å². The molecule has 4 N–H and O–H groups in total. The highest BCUT2D eigenvalue weighted by molar-refractivity contribution is 7.80. The number of hydrogen-bond donors (Lipinski definition) is 6. The minimum atomic E-state index is -0.329. The second-order valence-electron chi connectivity index (χ2n) is 7.76. The van der Waals surface area contributed by atoms with Crippen molar-refractivity contribution in [2.24, 2.45) is 0 Å². The lowest BCUT2D eigenvalue weighted by Gasteiger charge is -2.11. The normalized spacial score (nSPS) is 10.3. The Morgan fingerprint density at radius 3 is 1.26 bits per heavy atom. The highest BCUT2D eigenvalue weighted by Gasteiger charge is 2.07. The maximum atomic E-state index is 12.2. The summed E-state index contributed by atoms with van der Waals surface area (Å²) in [7, 11) is 0. The maximum absolute atomic E-state index is 12.2. The Balaban J connectivity index is 1.28. The van der Waals surface area contributed by atoms with Crippen molar-refractivity contribution in [1.29, 1.82) is 0 Å². The third-order valence-corrected chi connectivity index (χ3v) is 5.92. The molecule has 4 aromatic rings. The molecule has 0 bridgehead atoms. The minimum Gasteiger partial charge on any atom is -0.308 e. The van der Waals surface area contributed by atoms with Gasteiger partial charge in [-0.1, -0.05) is 48.5 Å². The van der Waals surface area contributed by atoms with Crippen LogP contribution in [-0.4, -0.2) is 12.1 Å². The highest BCUT2D eigenvalue weighted by Crippen LogP contribution is 2.21. The molecule has 0 aromatic heterocycles. The van der Waals surface area contributed by atoms with Crippen LogP contribution in [0.5, 0.6) is 0 Å². The fourth-order valence-electron chi connectivity index (χ4n) is 3.38. The Morgan fingerprint density at radius 2 is 0.886 bits per heavy atom. The van der Waals surface area contributed by atoms with Crippen LogP contribution in [-0.2, 0) is 6.42 Å². The van der Waals surface area contributed by atoms with Crippen LogP contribution in [0.1, 0.15) is 11.1 Å². The van der Waals surface area contributed by atoms with E-state index < -0.39 is 0 Å². The van der Waals surface area contributed by atoms with Crippen molar-refractivity contribution in [3.05, 3.63) is 108 Å². The van der Waals surface area contributed by atoms with E-state index in [4.69, 9.17) is 0 Å². The molecule has 0 atom stereocenters. The van der Waals surface area contributed by atoms with Gasteiger partial charge in [0.2, 0.25) is 0 Å². The van der Waals surface area contributed by atoms with E-state index in [1.165, 1.54) is 0 Å². The fourth-order valence-corrected chi connectivity index (χ4v) is 3.81. The highest BCUT2D eigenvalue weighted by atomic mass is 32.1. The number of thiol groups is 2. The van der Waals surface area contributed by atoms with E-state index in [-0.39, 0.29) is 12.1 Å². The lowest BCUT2D eigenvalue weighted by molar-refractivity contribution is 0.261. The van der Waals surface area contributed by atoms with E-state index in [0.29, 0.717) is 32.5 Å². The van der Waals surface area contributed by atoms with E-state index in [2.05, 4.69) is 46.5 Å². The van der Waals surface area contributed by atoms with Crippen molar-refractivity contribution >= 4 is 60.1 Å². The molecule has 4 rings (SSSR count). The molecule has 6 nitrogen and oxygen atoms in total. The van der Waals surface area contributed by atoms with Gasteiger partial charge >= 0.3 is 12.1 Å². The van der Waals surface area contributed by atoms with Crippen LogP contribution in [0.15, 0.2) is 107 Å². The molecule has 35 heavy (non-hydrogen) atoms. The van der Waals surface area contributed by atoms with E-state index in [1.54, 1.807) is 12.1 Å². The van der Waals surface area contributed by atoms with Crippen LogP contribution in [0.3, 0.4) is 0 Å². The van der Waals surface area contributed by atoms with Crippen LogP contribution in [0.25, 0.3) is 0 Å². The molecule has 0 spiro atoms. The smallest absolute Gasteiger partial charge is 0.308 e. The topological polar surface area (TPSA) is 82.3 Å². The number of urea groups is 2. The number of anilines is 4. The van der Waals surface area contributed by atoms with Gasteiger partial charge in [0, 0.05) is 21.2 Å². The lowest BCUT2D eigenvalue weighted by Crippen LogP contribution is -2.19. The summed E-state index contributed by atoms with van der Waals surface area (Å²) in [6.45, 7) is 0. The molecular formula is C27H24N4O2S2. The first kappa shape index (κ1) is 24.3. The largest absolute Gasteiger partial charge is 0.323 e. The Labute approximate surface area is 215 Å². The second kappa shape index (κ2) is 11.5. The molecular weight excluding hydrogens is 476 g/mol. The minimum absolute atomic E-state index is 0.329. The lowest BCUT2D eigenvalue weighted by atomic mass is 10.0. The van der Waals surface area contributed by atoms with Crippen LogP contribution in [0.2, 0.25) is 0 Å². The summed E-state index contributed by atoms with van der Waals surface area (Å²) >= 11 is 8.67. The van der Waals surface area contributed by atoms with Gasteiger partial charge in [-0.3, -0.25) is 0 Å². The van der Waals surface area contributed by atoms with Crippen LogP contribution >= 0.6 is 25.3 Å². The number of rotatable bonds is 6. The second-order valence-corrected chi connectivity index (χ2v) is 8.73. The predicted octanol–water partition coefficient (Wildman–Crippen LogP) is 7.14. The van der Waals surface area contributed by atoms with Gasteiger partial charge in [0.25, 0.3) is 0 Å². The van der Waals surface area contributed by atoms with Gasteiger partial charge in [-0.15, -0.1) is 25.3 Å². The van der Waals surface area contributed by atoms with Crippen molar-refractivity contribution in [3.8, 4) is 0 Å². The number of carbonyl (C=O) groups is 2. The molecule has 4 amide bonds. The molecule has 0 radical (unpaired) electrons. The van der Waals surface area contributed by atoms with Gasteiger partial charge in [0.15, 0.2) is 0 Å². The first-order chi connectivity index (χ1) is 17.0. The summed E-state index contributed by atoms with van der Waals surface area (Å²) in [6.07, 6.45) is 0.721. The Bertz CT molecular complexity index is 1220.